The van der Waals surface area contributed by atoms with E-state index in [4.69, 9.17) is 11.6 Å². The van der Waals surface area contributed by atoms with Crippen molar-refractivity contribution in [2.75, 3.05) is 0 Å². The van der Waals surface area contributed by atoms with Crippen LogP contribution < -0.4 is 0 Å². The van der Waals surface area contributed by atoms with E-state index in [0.29, 0.717) is 5.69 Å². The van der Waals surface area contributed by atoms with Crippen molar-refractivity contribution in [3.63, 3.8) is 0 Å². The van der Waals surface area contributed by atoms with Crippen molar-refractivity contribution < 1.29 is 0 Å². The van der Waals surface area contributed by atoms with Gasteiger partial charge in [0.1, 0.15) is 10.9 Å². The van der Waals surface area contributed by atoms with Crippen molar-refractivity contribution in [2.45, 2.75) is 32.1 Å². The predicted octanol–water partition coefficient (Wildman–Crippen LogP) is 3.54. The molecule has 2 aromatic rings. The first-order valence-electron chi connectivity index (χ1n) is 5.76. The summed E-state index contributed by atoms with van der Waals surface area (Å²) in [6.45, 7) is 6.28. The highest BCUT2D eigenvalue weighted by Crippen LogP contribution is 2.30. The van der Waals surface area contributed by atoms with Gasteiger partial charge in [0.05, 0.1) is 17.5 Å². The van der Waals surface area contributed by atoms with Gasteiger partial charge < -0.3 is 0 Å². The zero-order valence-electron chi connectivity index (χ0n) is 10.9. The molecule has 0 saturated carbocycles. The van der Waals surface area contributed by atoms with Crippen LogP contribution in [0.5, 0.6) is 0 Å². The van der Waals surface area contributed by atoms with Crippen LogP contribution in [0, 0.1) is 11.3 Å². The van der Waals surface area contributed by atoms with E-state index in [9.17, 15) is 5.26 Å². The molecule has 2 rings (SSSR count). The smallest absolute Gasteiger partial charge is 0.222 e. The van der Waals surface area contributed by atoms with E-state index in [2.05, 4.69) is 41.8 Å². The fourth-order valence-electron chi connectivity index (χ4n) is 1.52. The van der Waals surface area contributed by atoms with Crippen LogP contribution in [0.15, 0.2) is 17.6 Å². The second-order valence-electron chi connectivity index (χ2n) is 5.13. The van der Waals surface area contributed by atoms with Gasteiger partial charge in [0.2, 0.25) is 5.28 Å². The highest BCUT2D eigenvalue weighted by Gasteiger charge is 2.23. The van der Waals surface area contributed by atoms with E-state index < -0.39 is 5.92 Å². The summed E-state index contributed by atoms with van der Waals surface area (Å²) in [4.78, 5) is 12.5. The Kier molecular flexibility index (Phi) is 3.83. The lowest BCUT2D eigenvalue weighted by atomic mass is 9.93. The fourth-order valence-corrected chi connectivity index (χ4v) is 2.77. The topological polar surface area (TPSA) is 62.5 Å². The van der Waals surface area contributed by atoms with E-state index in [1.165, 1.54) is 11.3 Å². The molecule has 4 nitrogen and oxygen atoms in total. The van der Waals surface area contributed by atoms with Crippen LogP contribution >= 0.6 is 22.9 Å². The van der Waals surface area contributed by atoms with Crippen LogP contribution in [0.3, 0.4) is 0 Å². The molecule has 0 aliphatic carbocycles. The average molecular weight is 293 g/mol. The number of hydrogen-bond acceptors (Lipinski definition) is 5. The lowest BCUT2D eigenvalue weighted by Crippen LogP contribution is -2.12. The van der Waals surface area contributed by atoms with Gasteiger partial charge in [-0.3, -0.25) is 0 Å². The molecule has 0 spiro atoms. The van der Waals surface area contributed by atoms with Gasteiger partial charge in [-0.05, 0) is 17.7 Å². The molecule has 0 aliphatic rings. The number of nitrogens with zero attached hydrogens (tertiary/aromatic N) is 4. The van der Waals surface area contributed by atoms with Crippen LogP contribution in [0.1, 0.15) is 43.1 Å². The normalized spacial score (nSPS) is 13.0. The summed E-state index contributed by atoms with van der Waals surface area (Å²) in [6, 6.07) is 3.92. The molecule has 0 N–H and O–H groups in total. The minimum absolute atomic E-state index is 0.0297. The van der Waals surface area contributed by atoms with Crippen molar-refractivity contribution >= 4 is 22.9 Å². The van der Waals surface area contributed by atoms with Gasteiger partial charge in [-0.2, -0.15) is 5.26 Å². The number of rotatable bonds is 2. The molecule has 19 heavy (non-hydrogen) atoms. The minimum atomic E-state index is -0.499. The Morgan fingerprint density at radius 1 is 1.37 bits per heavy atom. The maximum Gasteiger partial charge on any atom is 0.222 e. The Hall–Kier alpha value is -1.51. The quantitative estimate of drug-likeness (QED) is 0.794. The molecule has 2 aromatic heterocycles. The minimum Gasteiger partial charge on any atom is -0.244 e. The molecule has 1 unspecified atom stereocenters. The number of halogens is 1. The van der Waals surface area contributed by atoms with E-state index >= 15 is 0 Å². The summed E-state index contributed by atoms with van der Waals surface area (Å²) in [5.41, 5.74) is 1.53. The predicted molar refractivity (Wildman–Crippen MR) is 75.3 cm³/mol. The Bertz CT molecular complexity index is 624. The van der Waals surface area contributed by atoms with Gasteiger partial charge in [-0.15, -0.1) is 11.3 Å². The van der Waals surface area contributed by atoms with E-state index in [-0.39, 0.29) is 10.7 Å². The maximum absolute atomic E-state index is 9.35. The lowest BCUT2D eigenvalue weighted by Gasteiger charge is -2.14. The van der Waals surface area contributed by atoms with Gasteiger partial charge in [-0.25, -0.2) is 15.0 Å². The molecule has 0 fully saturated rings. The molecule has 0 aromatic carbocycles. The second kappa shape index (κ2) is 5.24. The van der Waals surface area contributed by atoms with Gasteiger partial charge in [0.25, 0.3) is 0 Å². The van der Waals surface area contributed by atoms with Gasteiger partial charge in [0, 0.05) is 17.0 Å². The molecule has 0 bridgehead atoms. The first-order valence-corrected chi connectivity index (χ1v) is 7.01. The first kappa shape index (κ1) is 13.9. The lowest BCUT2D eigenvalue weighted by molar-refractivity contribution is 0.570. The van der Waals surface area contributed by atoms with E-state index in [1.54, 1.807) is 12.3 Å². The molecular formula is C13H13ClN4S. The number of hydrogen-bond donors (Lipinski definition) is 0. The zero-order chi connectivity index (χ0) is 14.0. The third-order valence-corrected chi connectivity index (χ3v) is 3.70. The molecule has 0 amide bonds. The SMILES string of the molecule is CC(C)(C)c1csc(C(C#N)c2ccnc(Cl)n2)n1. The Balaban J connectivity index is 2.39. The van der Waals surface area contributed by atoms with Crippen molar-refractivity contribution in [2.24, 2.45) is 0 Å². The number of aromatic nitrogens is 3. The van der Waals surface area contributed by atoms with Gasteiger partial charge in [0.15, 0.2) is 0 Å². The van der Waals surface area contributed by atoms with Crippen molar-refractivity contribution in [3.05, 3.63) is 39.3 Å². The highest BCUT2D eigenvalue weighted by atomic mass is 35.5. The summed E-state index contributed by atoms with van der Waals surface area (Å²) in [5.74, 6) is -0.499. The van der Waals surface area contributed by atoms with Crippen molar-refractivity contribution in [1.29, 1.82) is 5.26 Å². The van der Waals surface area contributed by atoms with Gasteiger partial charge in [-0.1, -0.05) is 20.8 Å². The largest absolute Gasteiger partial charge is 0.244 e. The highest BCUT2D eigenvalue weighted by molar-refractivity contribution is 7.09. The fraction of sp³-hybridized carbons (Fsp3) is 0.385. The molecule has 1 atom stereocenters. The molecule has 98 valence electrons. The van der Waals surface area contributed by atoms with Crippen LogP contribution in [-0.2, 0) is 5.41 Å². The van der Waals surface area contributed by atoms with Crippen molar-refractivity contribution in [1.82, 2.24) is 15.0 Å². The Labute approximate surface area is 121 Å². The number of nitriles is 1. The van der Waals surface area contributed by atoms with Gasteiger partial charge >= 0.3 is 0 Å². The van der Waals surface area contributed by atoms with Crippen LogP contribution in [0.25, 0.3) is 0 Å². The van der Waals surface area contributed by atoms with Crippen molar-refractivity contribution in [3.8, 4) is 6.07 Å². The molecule has 0 radical (unpaired) electrons. The van der Waals surface area contributed by atoms with Crippen LogP contribution in [0.4, 0.5) is 0 Å². The Morgan fingerprint density at radius 2 is 2.11 bits per heavy atom. The molecule has 6 heteroatoms. The third kappa shape index (κ3) is 3.09. The standard InChI is InChI=1S/C13H13ClN4S/c1-13(2,3)10-7-19-11(18-10)8(6-15)9-4-5-16-12(14)17-9/h4-5,7-8H,1-3H3. The maximum atomic E-state index is 9.35. The summed E-state index contributed by atoms with van der Waals surface area (Å²) in [5, 5.41) is 12.2. The summed E-state index contributed by atoms with van der Waals surface area (Å²) in [7, 11) is 0. The van der Waals surface area contributed by atoms with E-state index in [0.717, 1.165) is 10.7 Å². The van der Waals surface area contributed by atoms with Crippen LogP contribution in [-0.4, -0.2) is 15.0 Å². The van der Waals surface area contributed by atoms with E-state index in [1.807, 2.05) is 5.38 Å². The summed E-state index contributed by atoms with van der Waals surface area (Å²) in [6.07, 6.45) is 1.55. The average Bonchev–Trinajstić information content (AvgIpc) is 2.79. The second-order valence-corrected chi connectivity index (χ2v) is 6.36. The monoisotopic (exact) mass is 292 g/mol. The summed E-state index contributed by atoms with van der Waals surface area (Å²) < 4.78 is 0. The first-order chi connectivity index (χ1) is 8.91. The third-order valence-electron chi connectivity index (χ3n) is 2.61. The summed E-state index contributed by atoms with van der Waals surface area (Å²) >= 11 is 7.24. The molecule has 0 aliphatic heterocycles. The zero-order valence-corrected chi connectivity index (χ0v) is 12.5. The Morgan fingerprint density at radius 3 is 2.63 bits per heavy atom. The molecule has 0 saturated heterocycles. The van der Waals surface area contributed by atoms with Crippen LogP contribution in [0.2, 0.25) is 5.28 Å². The number of thiazole rings is 1. The molecular weight excluding hydrogens is 280 g/mol. The molecule has 2 heterocycles.